The number of rotatable bonds is 15. The van der Waals surface area contributed by atoms with Gasteiger partial charge in [-0.05, 0) is 58.0 Å². The molecule has 0 unspecified atom stereocenters. The van der Waals surface area contributed by atoms with E-state index in [2.05, 4.69) is 4.90 Å². The van der Waals surface area contributed by atoms with Crippen LogP contribution in [0.5, 0.6) is 28.7 Å². The highest BCUT2D eigenvalue weighted by Crippen LogP contribution is 2.42. The van der Waals surface area contributed by atoms with E-state index in [1.165, 1.54) is 25.6 Å². The average Bonchev–Trinajstić information content (AvgIpc) is 2.85. The zero-order valence-electron chi connectivity index (χ0n) is 22.7. The third-order valence-electron chi connectivity index (χ3n) is 5.84. The highest BCUT2D eigenvalue weighted by Gasteiger charge is 2.28. The van der Waals surface area contributed by atoms with Gasteiger partial charge in [-0.1, -0.05) is 6.07 Å². The molecular formula is C26H40N2O7S. The Hall–Kier alpha value is -2.85. The molecule has 0 fully saturated rings. The van der Waals surface area contributed by atoms with Crippen LogP contribution in [0.2, 0.25) is 0 Å². The Labute approximate surface area is 215 Å². The maximum absolute atomic E-state index is 13.4. The minimum Gasteiger partial charge on any atom is -0.493 e. The van der Waals surface area contributed by atoms with Crippen LogP contribution in [0.4, 0.5) is 5.69 Å². The number of likely N-dealkylation sites (N-methyl/N-ethyl adjacent to an activating group) is 1. The SMILES string of the molecule is COc1ccc(CCN(C)CCCS(=O)(=O)N(c2cc(OC)c(OC)c(OC)c2)C(C)C)cc1OC. The van der Waals surface area contributed by atoms with Crippen molar-refractivity contribution in [1.82, 2.24) is 4.90 Å². The van der Waals surface area contributed by atoms with Crippen LogP contribution in [-0.4, -0.2) is 80.8 Å². The van der Waals surface area contributed by atoms with Gasteiger partial charge in [0.2, 0.25) is 15.8 Å². The number of nitrogens with zero attached hydrogens (tertiary/aromatic N) is 2. The van der Waals surface area contributed by atoms with E-state index in [1.54, 1.807) is 26.4 Å². The summed E-state index contributed by atoms with van der Waals surface area (Å²) < 4.78 is 55.1. The van der Waals surface area contributed by atoms with E-state index < -0.39 is 10.0 Å². The predicted molar refractivity (Wildman–Crippen MR) is 143 cm³/mol. The van der Waals surface area contributed by atoms with Crippen molar-refractivity contribution >= 4 is 15.7 Å². The van der Waals surface area contributed by atoms with E-state index in [4.69, 9.17) is 23.7 Å². The molecule has 0 N–H and O–H groups in total. The van der Waals surface area contributed by atoms with Gasteiger partial charge in [0, 0.05) is 24.7 Å². The monoisotopic (exact) mass is 524 g/mol. The molecule has 0 bridgehead atoms. The van der Waals surface area contributed by atoms with E-state index in [9.17, 15) is 8.42 Å². The summed E-state index contributed by atoms with van der Waals surface area (Å²) in [6.07, 6.45) is 1.31. The molecule has 0 saturated carbocycles. The molecule has 36 heavy (non-hydrogen) atoms. The van der Waals surface area contributed by atoms with Crippen molar-refractivity contribution in [2.45, 2.75) is 32.7 Å². The first-order valence-electron chi connectivity index (χ1n) is 11.8. The Bertz CT molecular complexity index is 1060. The number of hydrogen-bond acceptors (Lipinski definition) is 8. The van der Waals surface area contributed by atoms with Crippen LogP contribution in [0.25, 0.3) is 0 Å². The second-order valence-electron chi connectivity index (χ2n) is 8.69. The van der Waals surface area contributed by atoms with Gasteiger partial charge in [-0.2, -0.15) is 0 Å². The average molecular weight is 525 g/mol. The molecule has 0 amide bonds. The second kappa shape index (κ2) is 13.5. The topological polar surface area (TPSA) is 86.8 Å². The Morgan fingerprint density at radius 3 is 1.86 bits per heavy atom. The van der Waals surface area contributed by atoms with Gasteiger partial charge in [0.15, 0.2) is 23.0 Å². The molecule has 0 aliphatic heterocycles. The molecule has 0 aromatic heterocycles. The van der Waals surface area contributed by atoms with Gasteiger partial charge in [0.25, 0.3) is 0 Å². The van der Waals surface area contributed by atoms with Crippen molar-refractivity contribution in [3.05, 3.63) is 35.9 Å². The molecular weight excluding hydrogens is 484 g/mol. The molecule has 0 aliphatic carbocycles. The smallest absolute Gasteiger partial charge is 0.235 e. The van der Waals surface area contributed by atoms with Crippen LogP contribution in [0.1, 0.15) is 25.8 Å². The summed E-state index contributed by atoms with van der Waals surface area (Å²) in [5.41, 5.74) is 1.60. The van der Waals surface area contributed by atoms with E-state index in [0.717, 1.165) is 18.5 Å². The van der Waals surface area contributed by atoms with Crippen molar-refractivity contribution < 1.29 is 32.1 Å². The first-order valence-corrected chi connectivity index (χ1v) is 13.4. The summed E-state index contributed by atoms with van der Waals surface area (Å²) in [6, 6.07) is 8.90. The summed E-state index contributed by atoms with van der Waals surface area (Å²) in [4.78, 5) is 2.13. The molecule has 0 aliphatic rings. The molecule has 0 heterocycles. The minimum absolute atomic E-state index is 0.0164. The normalized spacial score (nSPS) is 11.5. The van der Waals surface area contributed by atoms with E-state index in [1.807, 2.05) is 39.1 Å². The molecule has 10 heteroatoms. The number of sulfonamides is 1. The maximum Gasteiger partial charge on any atom is 0.235 e. The first kappa shape index (κ1) is 29.4. The molecule has 0 atom stereocenters. The van der Waals surface area contributed by atoms with Gasteiger partial charge in [-0.3, -0.25) is 4.31 Å². The Balaban J connectivity index is 2.05. The highest BCUT2D eigenvalue weighted by molar-refractivity contribution is 7.92. The summed E-state index contributed by atoms with van der Waals surface area (Å²) in [5, 5.41) is 0. The molecule has 0 saturated heterocycles. The number of ether oxygens (including phenoxy) is 5. The van der Waals surface area contributed by atoms with Gasteiger partial charge in [-0.15, -0.1) is 0 Å². The van der Waals surface area contributed by atoms with E-state index in [0.29, 0.717) is 47.4 Å². The zero-order chi connectivity index (χ0) is 26.9. The Morgan fingerprint density at radius 1 is 0.778 bits per heavy atom. The lowest BCUT2D eigenvalue weighted by molar-refractivity contribution is 0.324. The standard InChI is InChI=1S/C26H40N2O7S/c1-19(2)28(21-17-24(33-6)26(35-8)25(18-21)34-7)36(29,30)15-9-13-27(3)14-12-20-10-11-22(31-4)23(16-20)32-5/h10-11,16-19H,9,12-15H2,1-8H3. The predicted octanol–water partition coefficient (Wildman–Crippen LogP) is 3.84. The van der Waals surface area contributed by atoms with Gasteiger partial charge in [0.05, 0.1) is 47.0 Å². The third-order valence-corrected chi connectivity index (χ3v) is 7.88. The molecule has 9 nitrogen and oxygen atoms in total. The fourth-order valence-electron chi connectivity index (χ4n) is 4.06. The summed E-state index contributed by atoms with van der Waals surface area (Å²) in [5.74, 6) is 2.64. The number of anilines is 1. The Kier molecular flexibility index (Phi) is 11.0. The fraction of sp³-hybridized carbons (Fsp3) is 0.538. The molecule has 0 spiro atoms. The lowest BCUT2D eigenvalue weighted by Gasteiger charge is -2.29. The third kappa shape index (κ3) is 7.33. The van der Waals surface area contributed by atoms with Crippen LogP contribution in [0.3, 0.4) is 0 Å². The molecule has 202 valence electrons. The minimum atomic E-state index is -3.60. The molecule has 2 aromatic rings. The summed E-state index contributed by atoms with van der Waals surface area (Å²) in [7, 11) is 6.15. The fourth-order valence-corrected chi connectivity index (χ4v) is 5.82. The van der Waals surface area contributed by atoms with Crippen molar-refractivity contribution in [3.8, 4) is 28.7 Å². The van der Waals surface area contributed by atoms with Crippen LogP contribution in [0, 0.1) is 0 Å². The maximum atomic E-state index is 13.4. The van der Waals surface area contributed by atoms with Crippen LogP contribution < -0.4 is 28.0 Å². The number of benzene rings is 2. The van der Waals surface area contributed by atoms with Crippen molar-refractivity contribution in [3.63, 3.8) is 0 Å². The van der Waals surface area contributed by atoms with Crippen molar-refractivity contribution in [2.75, 3.05) is 65.7 Å². The molecule has 2 rings (SSSR count). The van der Waals surface area contributed by atoms with Gasteiger partial charge in [-0.25, -0.2) is 8.42 Å². The van der Waals surface area contributed by atoms with Gasteiger partial charge < -0.3 is 28.6 Å². The highest BCUT2D eigenvalue weighted by atomic mass is 32.2. The van der Waals surface area contributed by atoms with Crippen LogP contribution in [0.15, 0.2) is 30.3 Å². The lowest BCUT2D eigenvalue weighted by Crippen LogP contribution is -2.39. The largest absolute Gasteiger partial charge is 0.493 e. The van der Waals surface area contributed by atoms with Crippen molar-refractivity contribution in [2.24, 2.45) is 0 Å². The zero-order valence-corrected chi connectivity index (χ0v) is 23.5. The quantitative estimate of drug-likeness (QED) is 0.347. The summed E-state index contributed by atoms with van der Waals surface area (Å²) in [6.45, 7) is 5.12. The molecule has 2 aromatic carbocycles. The first-order chi connectivity index (χ1) is 17.1. The number of hydrogen-bond donors (Lipinski definition) is 0. The second-order valence-corrected chi connectivity index (χ2v) is 10.7. The van der Waals surface area contributed by atoms with E-state index in [-0.39, 0.29) is 11.8 Å². The van der Waals surface area contributed by atoms with Crippen LogP contribution >= 0.6 is 0 Å². The van der Waals surface area contributed by atoms with Crippen molar-refractivity contribution in [1.29, 1.82) is 0 Å². The molecule has 0 radical (unpaired) electrons. The van der Waals surface area contributed by atoms with Gasteiger partial charge >= 0.3 is 0 Å². The lowest BCUT2D eigenvalue weighted by atomic mass is 10.1. The summed E-state index contributed by atoms with van der Waals surface area (Å²) >= 11 is 0. The van der Waals surface area contributed by atoms with Crippen LogP contribution in [-0.2, 0) is 16.4 Å². The van der Waals surface area contributed by atoms with Gasteiger partial charge in [0.1, 0.15) is 0 Å². The number of methoxy groups -OCH3 is 5. The Morgan fingerprint density at radius 2 is 1.36 bits per heavy atom. The van der Waals surface area contributed by atoms with E-state index >= 15 is 0 Å².